The summed E-state index contributed by atoms with van der Waals surface area (Å²) in [6.45, 7) is 2.32. The van der Waals surface area contributed by atoms with Gasteiger partial charge in [0, 0.05) is 5.02 Å². The van der Waals surface area contributed by atoms with E-state index in [1.54, 1.807) is 36.4 Å². The van der Waals surface area contributed by atoms with Crippen LogP contribution in [-0.2, 0) is 4.79 Å². The zero-order valence-corrected chi connectivity index (χ0v) is 19.0. The van der Waals surface area contributed by atoms with Crippen molar-refractivity contribution >= 4 is 57.8 Å². The van der Waals surface area contributed by atoms with Gasteiger partial charge < -0.3 is 19.5 Å². The Morgan fingerprint density at radius 1 is 1.23 bits per heavy atom. The van der Waals surface area contributed by atoms with Gasteiger partial charge in [-0.15, -0.1) is 6.42 Å². The molecule has 1 aliphatic rings. The van der Waals surface area contributed by atoms with Gasteiger partial charge in [0.2, 0.25) is 0 Å². The van der Waals surface area contributed by atoms with E-state index in [1.807, 2.05) is 6.92 Å². The van der Waals surface area contributed by atoms with Crippen molar-refractivity contribution in [3.63, 3.8) is 0 Å². The van der Waals surface area contributed by atoms with Crippen LogP contribution in [0.1, 0.15) is 12.5 Å². The van der Waals surface area contributed by atoms with Crippen LogP contribution in [0.4, 0.5) is 5.69 Å². The summed E-state index contributed by atoms with van der Waals surface area (Å²) in [6.07, 6.45) is 6.95. The van der Waals surface area contributed by atoms with E-state index in [0.29, 0.717) is 55.2 Å². The van der Waals surface area contributed by atoms with Gasteiger partial charge in [-0.05, 0) is 60.7 Å². The fraction of sp³-hybridized carbons (Fsp3) is 0.182. The molecule has 1 N–H and O–H groups in total. The summed E-state index contributed by atoms with van der Waals surface area (Å²) in [4.78, 5) is 17.3. The van der Waals surface area contributed by atoms with E-state index < -0.39 is 0 Å². The van der Waals surface area contributed by atoms with Crippen molar-refractivity contribution in [3.05, 3.63) is 50.8 Å². The Kier molecular flexibility index (Phi) is 7.75. The van der Waals surface area contributed by atoms with Crippen molar-refractivity contribution in [2.45, 2.75) is 6.92 Å². The highest BCUT2D eigenvalue weighted by Gasteiger charge is 2.25. The Morgan fingerprint density at radius 3 is 2.74 bits per heavy atom. The Hall–Kier alpha value is -2.79. The van der Waals surface area contributed by atoms with Crippen LogP contribution in [0.5, 0.6) is 17.2 Å². The number of amidine groups is 1. The minimum absolute atomic E-state index is 0.0608. The number of nitrogens with zero attached hydrogens (tertiary/aromatic N) is 1. The van der Waals surface area contributed by atoms with Crippen molar-refractivity contribution in [3.8, 4) is 29.6 Å². The van der Waals surface area contributed by atoms with Crippen LogP contribution in [0, 0.1) is 12.3 Å². The van der Waals surface area contributed by atoms with Crippen molar-refractivity contribution in [2.75, 3.05) is 20.3 Å². The molecule has 9 heteroatoms. The molecule has 0 atom stereocenters. The minimum Gasteiger partial charge on any atom is -0.494 e. The molecule has 1 aliphatic heterocycles. The predicted octanol–water partition coefficient (Wildman–Crippen LogP) is 5.30. The van der Waals surface area contributed by atoms with Crippen LogP contribution in [-0.4, -0.2) is 31.4 Å². The summed E-state index contributed by atoms with van der Waals surface area (Å²) >= 11 is 13.6. The average Bonchev–Trinajstić information content (AvgIpc) is 3.06. The molecule has 0 unspecified atom stereocenters. The lowest BCUT2D eigenvalue weighted by Gasteiger charge is -2.13. The molecule has 0 spiro atoms. The number of methoxy groups -OCH3 is 1. The summed E-state index contributed by atoms with van der Waals surface area (Å²) < 4.78 is 16.4. The molecule has 0 aromatic heterocycles. The maximum Gasteiger partial charge on any atom is 0.264 e. The standard InChI is InChI=1S/C22H18Cl2N2O4S/c1-4-8-30-20-15(24)9-13(10-18(20)29-5-2)11-19-21(27)26-22(31-19)25-16-12-14(23)6-7-17(16)28-3/h1,6-7,9-12H,5,8H2,2-3H3,(H,25,26,27)/b19-11-. The molecular weight excluding hydrogens is 459 g/mol. The molecule has 6 nitrogen and oxygen atoms in total. The highest BCUT2D eigenvalue weighted by Crippen LogP contribution is 2.39. The summed E-state index contributed by atoms with van der Waals surface area (Å²) in [5.41, 5.74) is 1.18. The first-order chi connectivity index (χ1) is 14.9. The highest BCUT2D eigenvalue weighted by atomic mass is 35.5. The third kappa shape index (κ3) is 5.67. The van der Waals surface area contributed by atoms with Gasteiger partial charge in [0.25, 0.3) is 5.91 Å². The second kappa shape index (κ2) is 10.5. The quantitative estimate of drug-likeness (QED) is 0.433. The molecule has 31 heavy (non-hydrogen) atoms. The van der Waals surface area contributed by atoms with Gasteiger partial charge >= 0.3 is 0 Å². The molecule has 3 rings (SSSR count). The van der Waals surface area contributed by atoms with Crippen molar-refractivity contribution in [1.82, 2.24) is 5.32 Å². The van der Waals surface area contributed by atoms with Gasteiger partial charge in [0.1, 0.15) is 18.0 Å². The SMILES string of the molecule is C#CCOc1c(Cl)cc(/C=C2\SC(=Nc3cc(Cl)ccc3OC)NC2=O)cc1OCC. The largest absolute Gasteiger partial charge is 0.494 e. The second-order valence-corrected chi connectivity index (χ2v) is 7.93. The van der Waals surface area contributed by atoms with Gasteiger partial charge in [-0.1, -0.05) is 29.1 Å². The maximum absolute atomic E-state index is 12.5. The van der Waals surface area contributed by atoms with Gasteiger partial charge in [-0.3, -0.25) is 4.79 Å². The number of nitrogens with one attached hydrogen (secondary N) is 1. The summed E-state index contributed by atoms with van der Waals surface area (Å²) in [7, 11) is 1.54. The fourth-order valence-corrected chi connectivity index (χ4v) is 3.95. The number of thioether (sulfide) groups is 1. The van der Waals surface area contributed by atoms with Gasteiger partial charge in [-0.2, -0.15) is 0 Å². The van der Waals surface area contributed by atoms with E-state index in [1.165, 1.54) is 18.9 Å². The van der Waals surface area contributed by atoms with Crippen LogP contribution >= 0.6 is 35.0 Å². The number of amides is 1. The Morgan fingerprint density at radius 2 is 2.03 bits per heavy atom. The first-order valence-corrected chi connectivity index (χ1v) is 10.7. The zero-order chi connectivity index (χ0) is 22.4. The van der Waals surface area contributed by atoms with Crippen LogP contribution < -0.4 is 19.5 Å². The van der Waals surface area contributed by atoms with Gasteiger partial charge in [-0.25, -0.2) is 4.99 Å². The summed E-state index contributed by atoms with van der Waals surface area (Å²) in [6, 6.07) is 8.47. The van der Waals surface area contributed by atoms with Crippen LogP contribution in [0.2, 0.25) is 10.0 Å². The maximum atomic E-state index is 12.5. The third-order valence-corrected chi connectivity index (χ3v) is 5.37. The molecular formula is C22H18Cl2N2O4S. The number of terminal acetylenes is 1. The Balaban J connectivity index is 1.90. The Labute approximate surface area is 194 Å². The number of rotatable bonds is 7. The lowest BCUT2D eigenvalue weighted by Crippen LogP contribution is -2.19. The predicted molar refractivity (Wildman–Crippen MR) is 126 cm³/mol. The van der Waals surface area contributed by atoms with E-state index >= 15 is 0 Å². The molecule has 0 bridgehead atoms. The molecule has 0 radical (unpaired) electrons. The Bertz CT molecular complexity index is 1110. The lowest BCUT2D eigenvalue weighted by atomic mass is 10.2. The topological polar surface area (TPSA) is 69.2 Å². The molecule has 160 valence electrons. The van der Waals surface area contributed by atoms with Gasteiger partial charge in [0.05, 0.1) is 23.6 Å². The van der Waals surface area contributed by atoms with Crippen molar-refractivity contribution in [1.29, 1.82) is 0 Å². The summed E-state index contributed by atoms with van der Waals surface area (Å²) in [5.74, 6) is 3.46. The number of halogens is 2. The van der Waals surface area contributed by atoms with Crippen LogP contribution in [0.3, 0.4) is 0 Å². The zero-order valence-electron chi connectivity index (χ0n) is 16.7. The van der Waals surface area contributed by atoms with Crippen molar-refractivity contribution in [2.24, 2.45) is 4.99 Å². The molecule has 0 saturated carbocycles. The molecule has 1 amide bonds. The second-order valence-electron chi connectivity index (χ2n) is 6.05. The number of carbonyl (C=O) groups is 1. The fourth-order valence-electron chi connectivity index (χ4n) is 2.68. The number of ether oxygens (including phenoxy) is 3. The summed E-state index contributed by atoms with van der Waals surface area (Å²) in [5, 5.41) is 3.98. The molecule has 1 fully saturated rings. The van der Waals surface area contributed by atoms with E-state index in [9.17, 15) is 4.79 Å². The van der Waals surface area contributed by atoms with Crippen LogP contribution in [0.15, 0.2) is 40.2 Å². The normalized spacial score (nSPS) is 15.6. The smallest absolute Gasteiger partial charge is 0.264 e. The third-order valence-electron chi connectivity index (χ3n) is 3.94. The van der Waals surface area contributed by atoms with Gasteiger partial charge in [0.15, 0.2) is 16.7 Å². The number of hydrogen-bond acceptors (Lipinski definition) is 6. The number of hydrogen-bond donors (Lipinski definition) is 1. The molecule has 2 aromatic rings. The molecule has 1 heterocycles. The van der Waals surface area contributed by atoms with E-state index in [0.717, 1.165) is 0 Å². The van der Waals surface area contributed by atoms with Crippen molar-refractivity contribution < 1.29 is 19.0 Å². The van der Waals surface area contributed by atoms with Crippen LogP contribution in [0.25, 0.3) is 6.08 Å². The van der Waals surface area contributed by atoms with E-state index in [-0.39, 0.29) is 12.5 Å². The molecule has 2 aromatic carbocycles. The number of aliphatic imine (C=N–C) groups is 1. The lowest BCUT2D eigenvalue weighted by molar-refractivity contribution is -0.115. The average molecular weight is 477 g/mol. The monoisotopic (exact) mass is 476 g/mol. The van der Waals surface area contributed by atoms with E-state index in [4.69, 9.17) is 43.8 Å². The highest BCUT2D eigenvalue weighted by molar-refractivity contribution is 8.18. The minimum atomic E-state index is -0.286. The van der Waals surface area contributed by atoms with E-state index in [2.05, 4.69) is 16.2 Å². The first kappa shape index (κ1) is 22.9. The first-order valence-electron chi connectivity index (χ1n) is 9.10. The number of carbonyl (C=O) groups excluding carboxylic acids is 1. The number of benzene rings is 2. The molecule has 1 saturated heterocycles. The molecule has 0 aliphatic carbocycles.